The van der Waals surface area contributed by atoms with Crippen LogP contribution in [-0.2, 0) is 16.0 Å². The van der Waals surface area contributed by atoms with Crippen molar-refractivity contribution < 1.29 is 18.7 Å². The Hall–Kier alpha value is -4.20. The van der Waals surface area contributed by atoms with Crippen LogP contribution in [0.2, 0.25) is 0 Å². The molecule has 1 aliphatic heterocycles. The molecule has 7 nitrogen and oxygen atoms in total. The fourth-order valence-corrected chi connectivity index (χ4v) is 3.85. The van der Waals surface area contributed by atoms with Crippen molar-refractivity contribution in [2.75, 3.05) is 7.11 Å². The van der Waals surface area contributed by atoms with E-state index in [2.05, 4.69) is 5.10 Å². The number of nitrogens with zero attached hydrogens (tertiary/aromatic N) is 3. The van der Waals surface area contributed by atoms with E-state index in [1.54, 1.807) is 40.2 Å². The second-order valence-electron chi connectivity index (χ2n) is 7.55. The average molecular weight is 446 g/mol. The molecule has 168 valence electrons. The molecule has 2 aromatic carbocycles. The summed E-state index contributed by atoms with van der Waals surface area (Å²) in [5.74, 6) is -1.72. The van der Waals surface area contributed by atoms with E-state index in [-0.39, 0.29) is 0 Å². The molecule has 2 unspecified atom stereocenters. The molecule has 0 spiro atoms. The first kappa shape index (κ1) is 22.0. The summed E-state index contributed by atoms with van der Waals surface area (Å²) in [6.45, 7) is 0. The molecule has 0 aliphatic carbocycles. The number of carbonyl (C=O) groups excluding carboxylic acids is 2. The zero-order valence-electron chi connectivity index (χ0n) is 18.0. The number of benzene rings is 2. The minimum absolute atomic E-state index is 0.303. The molecule has 0 fully saturated rings. The highest BCUT2D eigenvalue weighted by Crippen LogP contribution is 2.31. The van der Waals surface area contributed by atoms with Gasteiger partial charge in [0, 0.05) is 30.4 Å². The number of primary amides is 1. The minimum Gasteiger partial charge on any atom is -0.496 e. The molecule has 2 atom stereocenters. The molecule has 0 radical (unpaired) electrons. The largest absolute Gasteiger partial charge is 0.496 e. The van der Waals surface area contributed by atoms with Crippen molar-refractivity contribution in [1.29, 1.82) is 0 Å². The molecular formula is C25H23FN4O3. The highest BCUT2D eigenvalue weighted by Gasteiger charge is 2.33. The zero-order valence-corrected chi connectivity index (χ0v) is 18.0. The summed E-state index contributed by atoms with van der Waals surface area (Å²) in [5, 5.41) is 4.65. The standard InChI is InChI=1S/C25H23FN4O3/c1-33-22-16-18(26)10-11-19(22)20-12-14-30(28-20)23-9-5-6-13-29(23)21(24(31)25(27)32)15-17-7-3-2-4-8-17/h2-14,16,21,23H,15H2,1H3,(H2,27,32). The number of aromatic nitrogens is 2. The van der Waals surface area contributed by atoms with E-state index in [1.165, 1.54) is 19.2 Å². The van der Waals surface area contributed by atoms with Gasteiger partial charge in [0.2, 0.25) is 5.78 Å². The normalized spacial score (nSPS) is 15.9. The first-order valence-electron chi connectivity index (χ1n) is 10.4. The quantitative estimate of drug-likeness (QED) is 0.537. The van der Waals surface area contributed by atoms with E-state index in [9.17, 15) is 14.0 Å². The summed E-state index contributed by atoms with van der Waals surface area (Å²) in [4.78, 5) is 26.4. The SMILES string of the molecule is COc1cc(F)ccc1-c1ccn(C2C=CC=CN2C(Cc2ccccc2)C(=O)C(N)=O)n1. The van der Waals surface area contributed by atoms with Crippen LogP contribution >= 0.6 is 0 Å². The number of ether oxygens (including phenoxy) is 1. The van der Waals surface area contributed by atoms with Crippen LogP contribution in [0.1, 0.15) is 11.7 Å². The molecule has 3 aromatic rings. The molecular weight excluding hydrogens is 423 g/mol. The molecule has 0 saturated carbocycles. The highest BCUT2D eigenvalue weighted by atomic mass is 19.1. The molecule has 33 heavy (non-hydrogen) atoms. The van der Waals surface area contributed by atoms with Crippen LogP contribution < -0.4 is 10.5 Å². The van der Waals surface area contributed by atoms with Gasteiger partial charge < -0.3 is 15.4 Å². The van der Waals surface area contributed by atoms with Gasteiger partial charge in [0.1, 0.15) is 23.8 Å². The number of hydrogen-bond acceptors (Lipinski definition) is 5. The number of methoxy groups -OCH3 is 1. The predicted molar refractivity (Wildman–Crippen MR) is 121 cm³/mol. The second-order valence-corrected chi connectivity index (χ2v) is 7.55. The van der Waals surface area contributed by atoms with Gasteiger partial charge in [0.05, 0.1) is 12.8 Å². The molecule has 4 rings (SSSR count). The first-order chi connectivity index (χ1) is 16.0. The van der Waals surface area contributed by atoms with Crippen molar-refractivity contribution in [3.8, 4) is 17.0 Å². The van der Waals surface area contributed by atoms with E-state index in [1.807, 2.05) is 42.5 Å². The third-order valence-electron chi connectivity index (χ3n) is 5.45. The Morgan fingerprint density at radius 2 is 1.94 bits per heavy atom. The number of halogens is 1. The van der Waals surface area contributed by atoms with Gasteiger partial charge in [-0.25, -0.2) is 9.07 Å². The van der Waals surface area contributed by atoms with E-state index in [0.717, 1.165) is 5.56 Å². The van der Waals surface area contributed by atoms with E-state index >= 15 is 0 Å². The van der Waals surface area contributed by atoms with Gasteiger partial charge in [-0.3, -0.25) is 9.59 Å². The fraction of sp³-hybridized carbons (Fsp3) is 0.160. The maximum atomic E-state index is 13.6. The van der Waals surface area contributed by atoms with E-state index in [4.69, 9.17) is 10.5 Å². The van der Waals surface area contributed by atoms with Gasteiger partial charge in [-0.2, -0.15) is 5.10 Å². The van der Waals surface area contributed by atoms with Gasteiger partial charge in [0.25, 0.3) is 5.91 Å². The van der Waals surface area contributed by atoms with Crippen molar-refractivity contribution in [3.05, 3.63) is 96.6 Å². The number of carbonyl (C=O) groups is 2. The van der Waals surface area contributed by atoms with Crippen molar-refractivity contribution in [1.82, 2.24) is 14.7 Å². The van der Waals surface area contributed by atoms with Gasteiger partial charge in [-0.05, 0) is 35.9 Å². The number of rotatable bonds is 8. The average Bonchev–Trinajstić information content (AvgIpc) is 3.32. The maximum absolute atomic E-state index is 13.6. The molecule has 1 aromatic heterocycles. The number of hydrogen-bond donors (Lipinski definition) is 1. The summed E-state index contributed by atoms with van der Waals surface area (Å²) in [6, 6.07) is 14.6. The second kappa shape index (κ2) is 9.52. The topological polar surface area (TPSA) is 90.5 Å². The Labute approximate surface area is 190 Å². The van der Waals surface area contributed by atoms with Crippen LogP contribution in [0.25, 0.3) is 11.3 Å². The smallest absolute Gasteiger partial charge is 0.287 e. The lowest BCUT2D eigenvalue weighted by molar-refractivity contribution is -0.139. The Bertz CT molecular complexity index is 1220. The number of allylic oxidation sites excluding steroid dienone is 2. The van der Waals surface area contributed by atoms with Crippen LogP contribution in [-0.4, -0.2) is 39.5 Å². The van der Waals surface area contributed by atoms with Crippen LogP contribution in [0.4, 0.5) is 4.39 Å². The number of amides is 1. The van der Waals surface area contributed by atoms with Crippen molar-refractivity contribution in [2.24, 2.45) is 5.73 Å². The van der Waals surface area contributed by atoms with Crippen molar-refractivity contribution in [3.63, 3.8) is 0 Å². The third-order valence-corrected chi connectivity index (χ3v) is 5.45. The summed E-state index contributed by atoms with van der Waals surface area (Å²) in [5.41, 5.74) is 7.49. The highest BCUT2D eigenvalue weighted by molar-refractivity contribution is 6.37. The van der Waals surface area contributed by atoms with Gasteiger partial charge in [-0.15, -0.1) is 0 Å². The zero-order chi connectivity index (χ0) is 23.4. The third kappa shape index (κ3) is 4.69. The molecule has 0 bridgehead atoms. The van der Waals surface area contributed by atoms with Gasteiger partial charge >= 0.3 is 0 Å². The van der Waals surface area contributed by atoms with Gasteiger partial charge in [-0.1, -0.05) is 36.4 Å². The number of ketones is 1. The fourth-order valence-electron chi connectivity index (χ4n) is 3.85. The Kier molecular flexibility index (Phi) is 6.35. The summed E-state index contributed by atoms with van der Waals surface area (Å²) < 4.78 is 20.6. The summed E-state index contributed by atoms with van der Waals surface area (Å²) in [7, 11) is 1.47. The lowest BCUT2D eigenvalue weighted by atomic mass is 9.99. The Balaban J connectivity index is 1.68. The maximum Gasteiger partial charge on any atom is 0.287 e. The molecule has 2 heterocycles. The molecule has 0 saturated heterocycles. The van der Waals surface area contributed by atoms with Crippen LogP contribution in [0.3, 0.4) is 0 Å². The molecule has 8 heteroatoms. The molecule has 1 aliphatic rings. The van der Waals surface area contributed by atoms with E-state index in [0.29, 0.717) is 23.4 Å². The monoisotopic (exact) mass is 446 g/mol. The van der Waals surface area contributed by atoms with Crippen LogP contribution in [0.15, 0.2) is 85.2 Å². The van der Waals surface area contributed by atoms with Crippen molar-refractivity contribution >= 4 is 11.7 Å². The Morgan fingerprint density at radius 1 is 1.15 bits per heavy atom. The molecule has 2 N–H and O–H groups in total. The van der Waals surface area contributed by atoms with Crippen molar-refractivity contribution in [2.45, 2.75) is 18.6 Å². The lowest BCUT2D eigenvalue weighted by Gasteiger charge is -2.36. The first-order valence-corrected chi connectivity index (χ1v) is 10.4. The predicted octanol–water partition coefficient (Wildman–Crippen LogP) is 3.25. The van der Waals surface area contributed by atoms with Crippen LogP contribution in [0, 0.1) is 5.82 Å². The number of Topliss-reactive ketones (excluding diaryl/α,β-unsaturated/α-hetero) is 1. The minimum atomic E-state index is -0.991. The summed E-state index contributed by atoms with van der Waals surface area (Å²) >= 11 is 0. The van der Waals surface area contributed by atoms with Crippen LogP contribution in [0.5, 0.6) is 5.75 Å². The van der Waals surface area contributed by atoms with E-state index < -0.39 is 29.7 Å². The summed E-state index contributed by atoms with van der Waals surface area (Å²) in [6.07, 6.45) is 8.83. The Morgan fingerprint density at radius 3 is 2.67 bits per heavy atom. The lowest BCUT2D eigenvalue weighted by Crippen LogP contribution is -2.48. The molecule has 1 amide bonds. The number of nitrogens with two attached hydrogens (primary N) is 1. The van der Waals surface area contributed by atoms with Gasteiger partial charge in [0.15, 0.2) is 0 Å².